The summed E-state index contributed by atoms with van der Waals surface area (Å²) in [6.45, 7) is 5.10. The number of ether oxygens (including phenoxy) is 1. The van der Waals surface area contributed by atoms with Gasteiger partial charge in [-0.25, -0.2) is 4.79 Å². The maximum absolute atomic E-state index is 12.4. The Morgan fingerprint density at radius 1 is 1.50 bits per heavy atom. The van der Waals surface area contributed by atoms with E-state index in [2.05, 4.69) is 10.3 Å². The lowest BCUT2D eigenvalue weighted by atomic mass is 10.1. The first-order valence-corrected chi connectivity index (χ1v) is 9.27. The third-order valence-electron chi connectivity index (χ3n) is 3.37. The Kier molecular flexibility index (Phi) is 5.99. The standard InChI is InChI=1S/C15H19ClN4O5S/c1-15(2,3)25-14(21)18-13-17-12(8-26(24)19(13)4)10-7-9(20(22)23)5-6-11(10)16/h5-7,12H,8H2,1-4H3,(H,17,18,21)/t12-,26?/m0/s1. The lowest BCUT2D eigenvalue weighted by Gasteiger charge is -2.34. The van der Waals surface area contributed by atoms with Crippen LogP contribution in [0.25, 0.3) is 0 Å². The number of aliphatic imine (C=N–C) groups is 1. The normalized spacial score (nSPS) is 22.1. The highest BCUT2D eigenvalue weighted by molar-refractivity contribution is 7.89. The summed E-state index contributed by atoms with van der Waals surface area (Å²) in [6, 6.07) is 3.39. The number of carbonyl (C=O) groups excluding carboxylic acids is 1. The summed E-state index contributed by atoms with van der Waals surface area (Å²) in [7, 11) is 1.51. The molecule has 1 fully saturated rings. The van der Waals surface area contributed by atoms with Gasteiger partial charge in [0.2, 0.25) is 5.96 Å². The first kappa shape index (κ1) is 20.3. The van der Waals surface area contributed by atoms with Crippen molar-refractivity contribution in [1.82, 2.24) is 9.62 Å². The summed E-state index contributed by atoms with van der Waals surface area (Å²) >= 11 is 4.65. The fraction of sp³-hybridized carbons (Fsp3) is 0.467. The molecule has 1 N–H and O–H groups in total. The molecule has 1 aliphatic heterocycles. The first-order chi connectivity index (χ1) is 12.0. The molecule has 1 unspecified atom stereocenters. The van der Waals surface area contributed by atoms with Crippen molar-refractivity contribution in [3.05, 3.63) is 38.9 Å². The molecule has 1 aliphatic rings. The number of nitrogens with one attached hydrogen (secondary N) is 1. The molecule has 0 aromatic heterocycles. The van der Waals surface area contributed by atoms with Crippen LogP contribution in [0.2, 0.25) is 5.02 Å². The fourth-order valence-electron chi connectivity index (χ4n) is 2.19. The van der Waals surface area contributed by atoms with Gasteiger partial charge >= 0.3 is 6.09 Å². The van der Waals surface area contributed by atoms with Crippen molar-refractivity contribution in [3.63, 3.8) is 0 Å². The second kappa shape index (κ2) is 7.68. The van der Waals surface area contributed by atoms with E-state index in [1.807, 2.05) is 0 Å². The minimum absolute atomic E-state index is 0.0383. The fourth-order valence-corrected chi connectivity index (χ4v) is 3.50. The zero-order valence-electron chi connectivity index (χ0n) is 14.7. The number of amides is 1. The van der Waals surface area contributed by atoms with Crippen LogP contribution in [0.15, 0.2) is 23.2 Å². The van der Waals surface area contributed by atoms with Gasteiger partial charge in [0, 0.05) is 22.7 Å². The molecule has 2 rings (SSSR count). The zero-order chi connectivity index (χ0) is 19.6. The minimum Gasteiger partial charge on any atom is -0.593 e. The number of nitro groups is 1. The Bertz CT molecular complexity index is 752. The second-order valence-corrected chi connectivity index (χ2v) is 8.49. The number of nitro benzene ring substituents is 1. The summed E-state index contributed by atoms with van der Waals surface area (Å²) in [4.78, 5) is 26.2. The van der Waals surface area contributed by atoms with Crippen LogP contribution < -0.4 is 5.32 Å². The number of hydrogen-bond acceptors (Lipinski definition) is 5. The van der Waals surface area contributed by atoms with E-state index >= 15 is 0 Å². The van der Waals surface area contributed by atoms with Gasteiger partial charge in [0.25, 0.3) is 5.69 Å². The van der Waals surface area contributed by atoms with E-state index in [1.165, 1.54) is 29.6 Å². The van der Waals surface area contributed by atoms with E-state index in [-0.39, 0.29) is 22.4 Å². The van der Waals surface area contributed by atoms with Crippen molar-refractivity contribution in [2.75, 3.05) is 12.8 Å². The van der Waals surface area contributed by atoms with Crippen molar-refractivity contribution in [1.29, 1.82) is 0 Å². The van der Waals surface area contributed by atoms with Gasteiger partial charge in [-0.05, 0) is 26.8 Å². The molecule has 1 heterocycles. The third-order valence-corrected chi connectivity index (χ3v) is 5.12. The van der Waals surface area contributed by atoms with Gasteiger partial charge in [0.15, 0.2) is 5.75 Å². The van der Waals surface area contributed by atoms with E-state index in [4.69, 9.17) is 16.3 Å². The van der Waals surface area contributed by atoms with Gasteiger partial charge in [-0.15, -0.1) is 4.99 Å². The van der Waals surface area contributed by atoms with Crippen LogP contribution in [0.3, 0.4) is 0 Å². The molecule has 11 heteroatoms. The third kappa shape index (κ3) is 4.99. The number of carbonyl (C=O) groups is 1. The summed E-state index contributed by atoms with van der Waals surface area (Å²) in [5.74, 6) is 0.154. The van der Waals surface area contributed by atoms with Gasteiger partial charge < -0.3 is 14.6 Å². The number of non-ortho nitro benzene ring substituents is 1. The maximum Gasteiger partial charge on any atom is 0.437 e. The van der Waals surface area contributed by atoms with Crippen LogP contribution in [0.4, 0.5) is 10.5 Å². The summed E-state index contributed by atoms with van der Waals surface area (Å²) in [5.41, 5.74) is -0.461. The lowest BCUT2D eigenvalue weighted by molar-refractivity contribution is -0.384. The Hall–Kier alpha value is -2.04. The number of nitrogens with zero attached hydrogens (tertiary/aromatic N) is 3. The highest BCUT2D eigenvalue weighted by Crippen LogP contribution is 2.30. The number of hydrogen-bond donors (Lipinski definition) is 1. The molecule has 142 valence electrons. The predicted molar refractivity (Wildman–Crippen MR) is 98.4 cm³/mol. The lowest BCUT2D eigenvalue weighted by Crippen LogP contribution is -2.53. The summed E-state index contributed by atoms with van der Waals surface area (Å²) in [6.07, 6.45) is -0.838. The molecule has 26 heavy (non-hydrogen) atoms. The summed E-state index contributed by atoms with van der Waals surface area (Å²) in [5, 5.41) is 14.2. The quantitative estimate of drug-likeness (QED) is 0.458. The Balaban J connectivity index is 2.31. The van der Waals surface area contributed by atoms with E-state index in [1.54, 1.807) is 20.8 Å². The van der Waals surface area contributed by atoms with Gasteiger partial charge in [-0.2, -0.15) is 4.31 Å². The number of halogens is 1. The van der Waals surface area contributed by atoms with Crippen LogP contribution in [0.1, 0.15) is 32.4 Å². The van der Waals surface area contributed by atoms with Crippen molar-refractivity contribution >= 4 is 40.7 Å². The summed E-state index contributed by atoms with van der Waals surface area (Å²) < 4.78 is 18.8. The van der Waals surface area contributed by atoms with Crippen molar-refractivity contribution < 1.29 is 19.0 Å². The number of guanidine groups is 1. The molecular weight excluding hydrogens is 384 g/mol. The highest BCUT2D eigenvalue weighted by Gasteiger charge is 2.35. The van der Waals surface area contributed by atoms with Crippen molar-refractivity contribution in [3.8, 4) is 0 Å². The maximum atomic E-state index is 12.4. The van der Waals surface area contributed by atoms with E-state index < -0.39 is 34.0 Å². The molecule has 2 atom stereocenters. The van der Waals surface area contributed by atoms with Gasteiger partial charge in [-0.3, -0.25) is 10.1 Å². The van der Waals surface area contributed by atoms with Crippen molar-refractivity contribution in [2.24, 2.45) is 4.99 Å². The van der Waals surface area contributed by atoms with Crippen LogP contribution in [0.5, 0.6) is 0 Å². The molecule has 1 aromatic rings. The van der Waals surface area contributed by atoms with Gasteiger partial charge in [0.1, 0.15) is 11.6 Å². The molecule has 0 saturated carbocycles. The predicted octanol–water partition coefficient (Wildman–Crippen LogP) is 2.78. The van der Waals surface area contributed by atoms with E-state index in [0.717, 1.165) is 0 Å². The van der Waals surface area contributed by atoms with Crippen LogP contribution in [-0.4, -0.2) is 44.2 Å². The Morgan fingerprint density at radius 3 is 2.73 bits per heavy atom. The zero-order valence-corrected chi connectivity index (χ0v) is 16.3. The topological polar surface area (TPSA) is 120 Å². The average Bonchev–Trinajstić information content (AvgIpc) is 2.50. The SMILES string of the molecule is CN1/C(=N\C(=O)OC(C)(C)C)N[C@H](c2cc([N+](=O)[O-])ccc2Cl)C[S+]1[O-]. The highest BCUT2D eigenvalue weighted by atomic mass is 35.5. The second-order valence-electron chi connectivity index (χ2n) is 6.56. The van der Waals surface area contributed by atoms with Gasteiger partial charge in [0.05, 0.1) is 23.3 Å². The molecule has 1 saturated heterocycles. The van der Waals surface area contributed by atoms with Gasteiger partial charge in [-0.1, -0.05) is 11.6 Å². The molecule has 9 nitrogen and oxygen atoms in total. The Morgan fingerprint density at radius 2 is 2.15 bits per heavy atom. The molecular formula is C15H19ClN4O5S. The number of rotatable bonds is 2. The Labute approximate surface area is 158 Å². The van der Waals surface area contributed by atoms with Crippen LogP contribution in [-0.2, 0) is 16.1 Å². The molecule has 0 bridgehead atoms. The van der Waals surface area contributed by atoms with E-state index in [0.29, 0.717) is 5.56 Å². The minimum atomic E-state index is -1.51. The van der Waals surface area contributed by atoms with Crippen LogP contribution in [0, 0.1) is 10.1 Å². The molecule has 0 spiro atoms. The molecule has 1 amide bonds. The molecule has 0 aliphatic carbocycles. The smallest absolute Gasteiger partial charge is 0.437 e. The largest absolute Gasteiger partial charge is 0.593 e. The van der Waals surface area contributed by atoms with Crippen LogP contribution >= 0.6 is 11.6 Å². The molecule has 1 aromatic carbocycles. The first-order valence-electron chi connectivity index (χ1n) is 7.62. The monoisotopic (exact) mass is 402 g/mol. The van der Waals surface area contributed by atoms with Crippen molar-refractivity contribution in [2.45, 2.75) is 32.4 Å². The molecule has 0 radical (unpaired) electrons. The average molecular weight is 403 g/mol. The number of benzene rings is 1. The van der Waals surface area contributed by atoms with E-state index in [9.17, 15) is 19.5 Å².